The Morgan fingerprint density at radius 2 is 1.70 bits per heavy atom. The van der Waals surface area contributed by atoms with Crippen molar-refractivity contribution in [2.24, 2.45) is 0 Å². The fourth-order valence-electron chi connectivity index (χ4n) is 3.08. The van der Waals surface area contributed by atoms with Gasteiger partial charge in [-0.3, -0.25) is 9.48 Å². The standard InChI is InChI=1S/C23H27N5O2/c1-27(17-19-8-3-2-4-9-19)23(30)24-14-12-22(29)25-16-20-10-5-6-11-21(20)18-28-15-7-13-26-28/h2-11,13,15H,12,14,16-18H2,1H3,(H,24,30)(H,25,29). The number of benzene rings is 2. The number of carbonyl (C=O) groups is 2. The van der Waals surface area contributed by atoms with E-state index in [1.54, 1.807) is 18.1 Å². The maximum absolute atomic E-state index is 12.2. The van der Waals surface area contributed by atoms with Crippen molar-refractivity contribution in [3.8, 4) is 0 Å². The number of hydrogen-bond donors (Lipinski definition) is 2. The van der Waals surface area contributed by atoms with E-state index in [1.165, 1.54) is 0 Å². The Balaban J connectivity index is 1.39. The molecule has 0 aliphatic heterocycles. The van der Waals surface area contributed by atoms with Gasteiger partial charge in [-0.05, 0) is 22.8 Å². The van der Waals surface area contributed by atoms with Gasteiger partial charge < -0.3 is 15.5 Å². The maximum Gasteiger partial charge on any atom is 0.317 e. The lowest BCUT2D eigenvalue weighted by molar-refractivity contribution is -0.121. The van der Waals surface area contributed by atoms with Gasteiger partial charge in [0.25, 0.3) is 0 Å². The number of nitrogens with zero attached hydrogens (tertiary/aromatic N) is 3. The molecule has 7 nitrogen and oxygen atoms in total. The highest BCUT2D eigenvalue weighted by atomic mass is 16.2. The zero-order chi connectivity index (χ0) is 21.2. The van der Waals surface area contributed by atoms with Gasteiger partial charge in [-0.1, -0.05) is 54.6 Å². The summed E-state index contributed by atoms with van der Waals surface area (Å²) in [6, 6.07) is 19.4. The van der Waals surface area contributed by atoms with Crippen molar-refractivity contribution in [3.05, 3.63) is 89.7 Å². The second-order valence-corrected chi connectivity index (χ2v) is 7.07. The van der Waals surface area contributed by atoms with Gasteiger partial charge in [0.2, 0.25) is 5.91 Å². The second kappa shape index (κ2) is 10.8. The highest BCUT2D eigenvalue weighted by Crippen LogP contribution is 2.10. The molecule has 3 rings (SSSR count). The van der Waals surface area contributed by atoms with E-state index < -0.39 is 0 Å². The van der Waals surface area contributed by atoms with Crippen LogP contribution in [0.1, 0.15) is 23.1 Å². The monoisotopic (exact) mass is 405 g/mol. The molecule has 156 valence electrons. The molecule has 0 saturated heterocycles. The fraction of sp³-hybridized carbons (Fsp3) is 0.261. The Labute approximate surface area is 176 Å². The molecule has 0 radical (unpaired) electrons. The van der Waals surface area contributed by atoms with Crippen LogP contribution in [0.15, 0.2) is 73.1 Å². The minimum absolute atomic E-state index is 0.102. The molecule has 0 saturated carbocycles. The molecule has 0 unspecified atom stereocenters. The number of amides is 3. The Morgan fingerprint density at radius 3 is 2.43 bits per heavy atom. The van der Waals surface area contributed by atoms with Crippen molar-refractivity contribution in [2.75, 3.05) is 13.6 Å². The average molecular weight is 406 g/mol. The molecule has 0 bridgehead atoms. The number of nitrogens with one attached hydrogen (secondary N) is 2. The van der Waals surface area contributed by atoms with Crippen molar-refractivity contribution in [3.63, 3.8) is 0 Å². The summed E-state index contributed by atoms with van der Waals surface area (Å²) in [5, 5.41) is 9.95. The van der Waals surface area contributed by atoms with Crippen LogP contribution in [-0.4, -0.2) is 40.2 Å². The van der Waals surface area contributed by atoms with Gasteiger partial charge in [0.05, 0.1) is 6.54 Å². The SMILES string of the molecule is CN(Cc1ccccc1)C(=O)NCCC(=O)NCc1ccccc1Cn1cccn1. The van der Waals surface area contributed by atoms with E-state index in [9.17, 15) is 9.59 Å². The smallest absolute Gasteiger partial charge is 0.317 e. The lowest BCUT2D eigenvalue weighted by Crippen LogP contribution is -2.38. The summed E-state index contributed by atoms with van der Waals surface area (Å²) in [5.74, 6) is -0.102. The first kappa shape index (κ1) is 21.1. The van der Waals surface area contributed by atoms with Crippen LogP contribution in [0.25, 0.3) is 0 Å². The summed E-state index contributed by atoms with van der Waals surface area (Å²) in [7, 11) is 1.74. The first-order valence-electron chi connectivity index (χ1n) is 9.95. The molecule has 2 N–H and O–H groups in total. The molecule has 0 fully saturated rings. The summed E-state index contributed by atoms with van der Waals surface area (Å²) >= 11 is 0. The summed E-state index contributed by atoms with van der Waals surface area (Å²) in [6.45, 7) is 1.91. The topological polar surface area (TPSA) is 79.3 Å². The van der Waals surface area contributed by atoms with E-state index in [1.807, 2.05) is 71.5 Å². The number of urea groups is 1. The Kier molecular flexibility index (Phi) is 7.60. The third-order valence-electron chi connectivity index (χ3n) is 4.72. The molecule has 0 atom stereocenters. The molecular formula is C23H27N5O2. The van der Waals surface area contributed by atoms with Crippen molar-refractivity contribution in [1.29, 1.82) is 0 Å². The number of aromatic nitrogens is 2. The van der Waals surface area contributed by atoms with Crippen molar-refractivity contribution >= 4 is 11.9 Å². The highest BCUT2D eigenvalue weighted by molar-refractivity contribution is 5.78. The van der Waals surface area contributed by atoms with Gasteiger partial charge in [-0.15, -0.1) is 0 Å². The predicted octanol–water partition coefficient (Wildman–Crippen LogP) is 2.78. The third kappa shape index (κ3) is 6.48. The van der Waals surface area contributed by atoms with E-state index in [4.69, 9.17) is 0 Å². The van der Waals surface area contributed by atoms with E-state index in [-0.39, 0.29) is 18.4 Å². The zero-order valence-corrected chi connectivity index (χ0v) is 17.1. The molecule has 0 aliphatic carbocycles. The molecule has 2 aromatic carbocycles. The van der Waals surface area contributed by atoms with E-state index in [0.717, 1.165) is 16.7 Å². The average Bonchev–Trinajstić information content (AvgIpc) is 3.27. The molecular weight excluding hydrogens is 378 g/mol. The van der Waals surface area contributed by atoms with Crippen LogP contribution in [0.5, 0.6) is 0 Å². The Morgan fingerprint density at radius 1 is 0.967 bits per heavy atom. The van der Waals surface area contributed by atoms with Crippen LogP contribution >= 0.6 is 0 Å². The second-order valence-electron chi connectivity index (χ2n) is 7.07. The lowest BCUT2D eigenvalue weighted by Gasteiger charge is -2.18. The van der Waals surface area contributed by atoms with Crippen LogP contribution in [0.2, 0.25) is 0 Å². The molecule has 0 aliphatic rings. The van der Waals surface area contributed by atoms with Crippen molar-refractivity contribution < 1.29 is 9.59 Å². The third-order valence-corrected chi connectivity index (χ3v) is 4.72. The number of carbonyl (C=O) groups excluding carboxylic acids is 2. The summed E-state index contributed by atoms with van der Waals surface area (Å²) in [4.78, 5) is 26.0. The molecule has 3 amide bonds. The molecule has 30 heavy (non-hydrogen) atoms. The minimum Gasteiger partial charge on any atom is -0.352 e. The molecule has 0 spiro atoms. The number of hydrogen-bond acceptors (Lipinski definition) is 3. The lowest BCUT2D eigenvalue weighted by atomic mass is 10.1. The quantitative estimate of drug-likeness (QED) is 0.575. The van der Waals surface area contributed by atoms with Gasteiger partial charge in [-0.2, -0.15) is 5.10 Å². The van der Waals surface area contributed by atoms with Crippen LogP contribution < -0.4 is 10.6 Å². The van der Waals surface area contributed by atoms with Gasteiger partial charge in [0.15, 0.2) is 0 Å². The van der Waals surface area contributed by atoms with E-state index in [2.05, 4.69) is 15.7 Å². The largest absolute Gasteiger partial charge is 0.352 e. The number of rotatable bonds is 9. The van der Waals surface area contributed by atoms with Crippen LogP contribution in [0.3, 0.4) is 0 Å². The van der Waals surface area contributed by atoms with Crippen molar-refractivity contribution in [2.45, 2.75) is 26.1 Å². The van der Waals surface area contributed by atoms with E-state index in [0.29, 0.717) is 26.2 Å². The van der Waals surface area contributed by atoms with Gasteiger partial charge in [-0.25, -0.2) is 4.79 Å². The summed E-state index contributed by atoms with van der Waals surface area (Å²) < 4.78 is 1.85. The summed E-state index contributed by atoms with van der Waals surface area (Å²) in [6.07, 6.45) is 3.88. The van der Waals surface area contributed by atoms with Crippen LogP contribution in [0.4, 0.5) is 4.79 Å². The first-order chi connectivity index (χ1) is 14.6. The normalized spacial score (nSPS) is 10.4. The predicted molar refractivity (Wildman–Crippen MR) is 116 cm³/mol. The van der Waals surface area contributed by atoms with E-state index >= 15 is 0 Å². The van der Waals surface area contributed by atoms with Crippen LogP contribution in [0, 0.1) is 0 Å². The summed E-state index contributed by atoms with van der Waals surface area (Å²) in [5.41, 5.74) is 3.21. The first-order valence-corrected chi connectivity index (χ1v) is 9.95. The highest BCUT2D eigenvalue weighted by Gasteiger charge is 2.10. The molecule has 7 heteroatoms. The fourth-order valence-corrected chi connectivity index (χ4v) is 3.08. The zero-order valence-electron chi connectivity index (χ0n) is 17.1. The maximum atomic E-state index is 12.2. The van der Waals surface area contributed by atoms with Crippen LogP contribution in [-0.2, 0) is 24.4 Å². The molecule has 3 aromatic rings. The van der Waals surface area contributed by atoms with Gasteiger partial charge >= 0.3 is 6.03 Å². The molecule has 1 heterocycles. The Bertz CT molecular complexity index is 941. The van der Waals surface area contributed by atoms with Crippen molar-refractivity contribution in [1.82, 2.24) is 25.3 Å². The minimum atomic E-state index is -0.198. The van der Waals surface area contributed by atoms with Gasteiger partial charge in [0, 0.05) is 45.5 Å². The van der Waals surface area contributed by atoms with Gasteiger partial charge in [0.1, 0.15) is 0 Å². The molecule has 1 aromatic heterocycles. The Hall–Kier alpha value is -3.61.